The average molecular weight is 642 g/mol. The van der Waals surface area contributed by atoms with Gasteiger partial charge in [0.2, 0.25) is 5.90 Å². The summed E-state index contributed by atoms with van der Waals surface area (Å²) in [5.74, 6) is 0.446. The molecule has 1 aliphatic rings. The Labute approximate surface area is 257 Å². The molecule has 0 unspecified atom stereocenters. The van der Waals surface area contributed by atoms with Gasteiger partial charge in [0.15, 0.2) is 11.6 Å². The van der Waals surface area contributed by atoms with Gasteiger partial charge in [0.1, 0.15) is 5.75 Å². The maximum atomic E-state index is 14.4. The number of para-hydroxylation sites is 1. The van der Waals surface area contributed by atoms with Crippen molar-refractivity contribution in [2.75, 3.05) is 18.6 Å². The Bertz CT molecular complexity index is 1640. The molecular weight excluding hydrogens is 612 g/mol. The summed E-state index contributed by atoms with van der Waals surface area (Å²) in [6.07, 6.45) is -0.264. The van der Waals surface area contributed by atoms with Crippen molar-refractivity contribution in [3.63, 3.8) is 0 Å². The molecule has 11 heteroatoms. The number of anilines is 1. The number of hydrazine groups is 1. The molecule has 0 saturated carbocycles. The van der Waals surface area contributed by atoms with Gasteiger partial charge in [-0.3, -0.25) is 15.6 Å². The second-order valence-electron chi connectivity index (χ2n) is 9.75. The summed E-state index contributed by atoms with van der Waals surface area (Å²) in [7, 11) is 0. The third-order valence-electron chi connectivity index (χ3n) is 6.91. The van der Waals surface area contributed by atoms with E-state index < -0.39 is 17.6 Å². The lowest BCUT2D eigenvalue weighted by atomic mass is 9.81. The SMILES string of the molecule is [N-]=[N+]=Nc1ccccc1[C@@H]1OC(c2ccc(OCCCO)cc2)=N[C@]1(Cc1ccccc1Br)C(=O)NNc1ccccc1. The van der Waals surface area contributed by atoms with E-state index in [2.05, 4.69) is 36.8 Å². The fourth-order valence-electron chi connectivity index (χ4n) is 4.80. The molecule has 0 bridgehead atoms. The summed E-state index contributed by atoms with van der Waals surface area (Å²) >= 11 is 3.63. The molecule has 1 amide bonds. The predicted octanol–water partition coefficient (Wildman–Crippen LogP) is 6.80. The van der Waals surface area contributed by atoms with E-state index in [0.717, 1.165) is 10.0 Å². The van der Waals surface area contributed by atoms with E-state index in [9.17, 15) is 10.3 Å². The standard InChI is InChI=1S/C32H29BrN6O4/c33-27-13-6-4-9-23(27)21-32(31(41)38-36-24-10-2-1-3-11-24)29(26-12-5-7-14-28(26)37-39-34)43-30(35-32)22-15-17-25(18-16-22)42-20-8-19-40/h1-7,9-18,29,36,40H,8,19-21H2,(H,38,41)/t29-,32-/m0/s1. The molecule has 0 fully saturated rings. The normalized spacial score (nSPS) is 17.3. The molecule has 4 aromatic carbocycles. The Morgan fingerprint density at radius 2 is 1.74 bits per heavy atom. The molecular formula is C32H29BrN6O4. The monoisotopic (exact) mass is 640 g/mol. The Morgan fingerprint density at radius 1 is 1.02 bits per heavy atom. The number of aliphatic hydroxyl groups is 1. The second-order valence-corrected chi connectivity index (χ2v) is 10.6. The second kappa shape index (κ2) is 13.9. The smallest absolute Gasteiger partial charge is 0.270 e. The van der Waals surface area contributed by atoms with Crippen LogP contribution in [-0.4, -0.2) is 35.7 Å². The Morgan fingerprint density at radius 3 is 2.49 bits per heavy atom. The van der Waals surface area contributed by atoms with Crippen molar-refractivity contribution in [1.29, 1.82) is 0 Å². The zero-order chi connectivity index (χ0) is 30.1. The topological polar surface area (TPSA) is 141 Å². The summed E-state index contributed by atoms with van der Waals surface area (Å²) in [6.45, 7) is 0.428. The molecule has 218 valence electrons. The van der Waals surface area contributed by atoms with Crippen LogP contribution in [0.1, 0.15) is 29.2 Å². The fraction of sp³-hybridized carbons (Fsp3) is 0.188. The average Bonchev–Trinajstić information content (AvgIpc) is 3.42. The van der Waals surface area contributed by atoms with Crippen molar-refractivity contribution in [1.82, 2.24) is 5.43 Å². The van der Waals surface area contributed by atoms with Crippen LogP contribution in [0.25, 0.3) is 10.4 Å². The number of nitrogens with one attached hydrogen (secondary N) is 2. The van der Waals surface area contributed by atoms with E-state index in [1.165, 1.54) is 0 Å². The van der Waals surface area contributed by atoms with E-state index in [1.54, 1.807) is 48.5 Å². The van der Waals surface area contributed by atoms with Gasteiger partial charge in [-0.15, -0.1) is 0 Å². The van der Waals surface area contributed by atoms with E-state index >= 15 is 0 Å². The number of carbonyl (C=O) groups is 1. The van der Waals surface area contributed by atoms with Crippen LogP contribution in [0.3, 0.4) is 0 Å². The van der Waals surface area contributed by atoms with Crippen molar-refractivity contribution in [3.8, 4) is 5.75 Å². The van der Waals surface area contributed by atoms with Gasteiger partial charge in [0, 0.05) is 45.6 Å². The van der Waals surface area contributed by atoms with Gasteiger partial charge in [-0.1, -0.05) is 81.7 Å². The fourth-order valence-corrected chi connectivity index (χ4v) is 5.22. The molecule has 1 heterocycles. The molecule has 43 heavy (non-hydrogen) atoms. The van der Waals surface area contributed by atoms with Crippen LogP contribution in [-0.2, 0) is 16.0 Å². The molecule has 0 aliphatic carbocycles. The van der Waals surface area contributed by atoms with E-state index in [1.807, 2.05) is 54.6 Å². The van der Waals surface area contributed by atoms with E-state index in [4.69, 9.17) is 19.6 Å². The number of aliphatic imine (C=N–C) groups is 1. The first-order chi connectivity index (χ1) is 21.0. The molecule has 10 nitrogen and oxygen atoms in total. The highest BCUT2D eigenvalue weighted by Crippen LogP contribution is 2.46. The first-order valence-electron chi connectivity index (χ1n) is 13.6. The first kappa shape index (κ1) is 29.7. The Kier molecular flexibility index (Phi) is 9.58. The molecule has 4 aromatic rings. The zero-order valence-electron chi connectivity index (χ0n) is 23.1. The molecule has 0 aromatic heterocycles. The molecule has 1 aliphatic heterocycles. The number of hydrogen-bond donors (Lipinski definition) is 3. The van der Waals surface area contributed by atoms with Crippen molar-refractivity contribution < 1.29 is 19.4 Å². The minimum atomic E-state index is -1.52. The van der Waals surface area contributed by atoms with Crippen molar-refractivity contribution in [2.24, 2.45) is 10.1 Å². The predicted molar refractivity (Wildman–Crippen MR) is 168 cm³/mol. The number of carbonyl (C=O) groups excluding carboxylic acids is 1. The minimum absolute atomic E-state index is 0.0439. The number of nitrogens with zero attached hydrogens (tertiary/aromatic N) is 4. The van der Waals surface area contributed by atoms with Crippen LogP contribution in [0.5, 0.6) is 5.75 Å². The van der Waals surface area contributed by atoms with Crippen LogP contribution in [0, 0.1) is 0 Å². The van der Waals surface area contributed by atoms with Gasteiger partial charge in [-0.25, -0.2) is 4.99 Å². The van der Waals surface area contributed by atoms with Crippen LogP contribution in [0.2, 0.25) is 0 Å². The summed E-state index contributed by atoms with van der Waals surface area (Å²) in [5, 5.41) is 12.9. The Hall–Kier alpha value is -4.83. The van der Waals surface area contributed by atoms with Crippen LogP contribution in [0.15, 0.2) is 118 Å². The number of azide groups is 1. The molecule has 2 atom stereocenters. The van der Waals surface area contributed by atoms with Gasteiger partial charge in [0.05, 0.1) is 12.3 Å². The van der Waals surface area contributed by atoms with Gasteiger partial charge in [-0.2, -0.15) is 0 Å². The maximum Gasteiger partial charge on any atom is 0.270 e. The number of rotatable bonds is 12. The van der Waals surface area contributed by atoms with Crippen molar-refractivity contribution in [2.45, 2.75) is 24.5 Å². The summed E-state index contributed by atoms with van der Waals surface area (Å²) in [4.78, 5) is 22.4. The van der Waals surface area contributed by atoms with Gasteiger partial charge in [0.25, 0.3) is 5.91 Å². The lowest BCUT2D eigenvalue weighted by Gasteiger charge is -2.31. The van der Waals surface area contributed by atoms with E-state index in [-0.39, 0.29) is 18.9 Å². The first-order valence-corrected chi connectivity index (χ1v) is 14.4. The number of benzene rings is 4. The zero-order valence-corrected chi connectivity index (χ0v) is 24.6. The van der Waals surface area contributed by atoms with Crippen molar-refractivity contribution >= 4 is 39.1 Å². The van der Waals surface area contributed by atoms with E-state index in [0.29, 0.717) is 41.3 Å². The molecule has 5 rings (SSSR count). The highest BCUT2D eigenvalue weighted by molar-refractivity contribution is 9.10. The minimum Gasteiger partial charge on any atom is -0.494 e. The lowest BCUT2D eigenvalue weighted by molar-refractivity contribution is -0.128. The summed E-state index contributed by atoms with van der Waals surface area (Å²) in [6, 6.07) is 31.1. The van der Waals surface area contributed by atoms with Crippen LogP contribution < -0.4 is 15.6 Å². The number of ether oxygens (including phenoxy) is 2. The van der Waals surface area contributed by atoms with Crippen LogP contribution >= 0.6 is 15.9 Å². The third-order valence-corrected chi connectivity index (χ3v) is 7.69. The van der Waals surface area contributed by atoms with Gasteiger partial charge in [-0.05, 0) is 53.6 Å². The highest BCUT2D eigenvalue weighted by Gasteiger charge is 2.54. The molecule has 0 saturated heterocycles. The number of hydrogen-bond acceptors (Lipinski definition) is 7. The largest absolute Gasteiger partial charge is 0.494 e. The van der Waals surface area contributed by atoms with Gasteiger partial charge < -0.3 is 14.6 Å². The maximum absolute atomic E-state index is 14.4. The summed E-state index contributed by atoms with van der Waals surface area (Å²) < 4.78 is 13.0. The molecule has 3 N–H and O–H groups in total. The number of halogens is 1. The number of aliphatic hydroxyl groups excluding tert-OH is 1. The van der Waals surface area contributed by atoms with Crippen LogP contribution in [0.4, 0.5) is 11.4 Å². The van der Waals surface area contributed by atoms with Gasteiger partial charge >= 0.3 is 0 Å². The molecule has 0 radical (unpaired) electrons. The quantitative estimate of drug-likeness (QED) is 0.0514. The highest BCUT2D eigenvalue weighted by atomic mass is 79.9. The third kappa shape index (κ3) is 6.81. The molecule has 0 spiro atoms. The lowest BCUT2D eigenvalue weighted by Crippen LogP contribution is -2.51. The Balaban J connectivity index is 1.61. The van der Waals surface area contributed by atoms with Crippen molar-refractivity contribution in [3.05, 3.63) is 135 Å². The summed E-state index contributed by atoms with van der Waals surface area (Å²) in [5.41, 5.74) is 16.7. The number of amides is 1.